The molecule has 5 rings (SSSR count). The van der Waals surface area contributed by atoms with Gasteiger partial charge in [-0.3, -0.25) is 24.7 Å². The van der Waals surface area contributed by atoms with Gasteiger partial charge in [-0.1, -0.05) is 91.0 Å². The second-order valence-electron chi connectivity index (χ2n) is 7.95. The zero-order valence-corrected chi connectivity index (χ0v) is 17.2. The van der Waals surface area contributed by atoms with Gasteiger partial charge in [0.2, 0.25) is 5.91 Å². The van der Waals surface area contributed by atoms with E-state index >= 15 is 0 Å². The van der Waals surface area contributed by atoms with Crippen LogP contribution in [0.25, 0.3) is 0 Å². The molecule has 2 heterocycles. The minimum Gasteiger partial charge on any atom is -0.296 e. The van der Waals surface area contributed by atoms with Gasteiger partial charge in [-0.05, 0) is 16.7 Å². The Morgan fingerprint density at radius 1 is 0.812 bits per heavy atom. The molecule has 6 nitrogen and oxygen atoms in total. The van der Waals surface area contributed by atoms with Gasteiger partial charge >= 0.3 is 0 Å². The predicted octanol–water partition coefficient (Wildman–Crippen LogP) is 2.90. The average molecular weight is 423 g/mol. The number of fused-ring (bicyclic) bond motifs is 1. The Morgan fingerprint density at radius 3 is 1.91 bits per heavy atom. The number of hydrazone groups is 1. The first-order valence-electron chi connectivity index (χ1n) is 10.5. The highest BCUT2D eigenvalue weighted by atomic mass is 16.2. The Kier molecular flexibility index (Phi) is 5.11. The largest absolute Gasteiger partial charge is 0.296 e. The SMILES string of the molecule is O=C(C1=NN[C@H]2C(=O)N(Cc3ccccc3)C(=O)[C@@H]12)C(c1ccccc1)c1ccccc1. The summed E-state index contributed by atoms with van der Waals surface area (Å²) >= 11 is 0. The number of likely N-dealkylation sites (tertiary alicyclic amines) is 1. The van der Waals surface area contributed by atoms with Crippen molar-refractivity contribution in [2.24, 2.45) is 11.0 Å². The molecule has 158 valence electrons. The number of imide groups is 1. The fourth-order valence-corrected chi connectivity index (χ4v) is 4.41. The lowest BCUT2D eigenvalue weighted by Gasteiger charge is -2.19. The number of hydrogen-bond donors (Lipinski definition) is 1. The molecule has 0 aliphatic carbocycles. The summed E-state index contributed by atoms with van der Waals surface area (Å²) in [6.45, 7) is 0.176. The molecule has 1 N–H and O–H groups in total. The van der Waals surface area contributed by atoms with Crippen molar-refractivity contribution in [3.05, 3.63) is 108 Å². The Morgan fingerprint density at radius 2 is 1.34 bits per heavy atom. The third-order valence-corrected chi connectivity index (χ3v) is 5.98. The molecule has 6 heteroatoms. The molecule has 3 aromatic carbocycles. The van der Waals surface area contributed by atoms with Crippen LogP contribution in [0.5, 0.6) is 0 Å². The van der Waals surface area contributed by atoms with Crippen LogP contribution < -0.4 is 5.43 Å². The first-order chi connectivity index (χ1) is 15.6. The number of amides is 2. The van der Waals surface area contributed by atoms with Gasteiger partial charge in [-0.2, -0.15) is 5.10 Å². The highest BCUT2D eigenvalue weighted by Gasteiger charge is 2.55. The highest BCUT2D eigenvalue weighted by molar-refractivity contribution is 6.48. The summed E-state index contributed by atoms with van der Waals surface area (Å²) in [7, 11) is 0. The maximum absolute atomic E-state index is 13.8. The molecule has 2 aliphatic heterocycles. The Bertz CT molecular complexity index is 1150. The van der Waals surface area contributed by atoms with E-state index in [4.69, 9.17) is 0 Å². The van der Waals surface area contributed by atoms with Gasteiger partial charge in [0, 0.05) is 0 Å². The van der Waals surface area contributed by atoms with Crippen molar-refractivity contribution < 1.29 is 14.4 Å². The molecule has 3 aromatic rings. The smallest absolute Gasteiger partial charge is 0.254 e. The van der Waals surface area contributed by atoms with Gasteiger partial charge in [0.15, 0.2) is 5.78 Å². The molecule has 1 fully saturated rings. The van der Waals surface area contributed by atoms with Crippen LogP contribution in [-0.4, -0.2) is 34.3 Å². The van der Waals surface area contributed by atoms with E-state index in [2.05, 4.69) is 10.5 Å². The Balaban J connectivity index is 1.46. The minimum atomic E-state index is -0.909. The minimum absolute atomic E-state index is 0.113. The van der Waals surface area contributed by atoms with Crippen LogP contribution >= 0.6 is 0 Å². The van der Waals surface area contributed by atoms with Crippen molar-refractivity contribution in [3.8, 4) is 0 Å². The van der Waals surface area contributed by atoms with E-state index in [-0.39, 0.29) is 29.9 Å². The lowest BCUT2D eigenvalue weighted by atomic mass is 9.82. The van der Waals surface area contributed by atoms with E-state index in [0.29, 0.717) is 0 Å². The Hall–Kier alpha value is -4.06. The van der Waals surface area contributed by atoms with Crippen molar-refractivity contribution in [1.82, 2.24) is 10.3 Å². The maximum Gasteiger partial charge on any atom is 0.254 e. The van der Waals surface area contributed by atoms with Crippen LogP contribution in [0.1, 0.15) is 22.6 Å². The number of nitrogens with one attached hydrogen (secondary N) is 1. The van der Waals surface area contributed by atoms with Crippen LogP contribution in [0, 0.1) is 5.92 Å². The first kappa shape index (κ1) is 19.9. The molecule has 1 saturated heterocycles. The standard InChI is InChI=1S/C26H21N3O3/c30-24(20(18-12-6-2-7-13-18)19-14-8-3-9-15-19)22-21-23(28-27-22)26(32)29(25(21)31)16-17-10-4-1-5-11-17/h1-15,20-21,23,28H,16H2/t21-,23+/m0/s1. The molecule has 32 heavy (non-hydrogen) atoms. The molecular weight excluding hydrogens is 402 g/mol. The van der Waals surface area contributed by atoms with Crippen molar-refractivity contribution in [1.29, 1.82) is 0 Å². The summed E-state index contributed by atoms with van der Waals surface area (Å²) < 4.78 is 0. The summed E-state index contributed by atoms with van der Waals surface area (Å²) in [6, 6.07) is 27.3. The fourth-order valence-electron chi connectivity index (χ4n) is 4.41. The van der Waals surface area contributed by atoms with E-state index < -0.39 is 17.9 Å². The number of nitrogens with zero attached hydrogens (tertiary/aromatic N) is 2. The molecule has 0 radical (unpaired) electrons. The fraction of sp³-hybridized carbons (Fsp3) is 0.154. The van der Waals surface area contributed by atoms with Gasteiger partial charge in [0.25, 0.3) is 5.91 Å². The molecule has 2 amide bonds. The van der Waals surface area contributed by atoms with Crippen molar-refractivity contribution in [2.45, 2.75) is 18.5 Å². The number of carbonyl (C=O) groups is 3. The third-order valence-electron chi connectivity index (χ3n) is 5.98. The zero-order chi connectivity index (χ0) is 22.1. The van der Waals surface area contributed by atoms with Crippen molar-refractivity contribution in [3.63, 3.8) is 0 Å². The number of Topliss-reactive ketones (excluding diaryl/α,β-unsaturated/α-hetero) is 1. The molecule has 0 unspecified atom stereocenters. The van der Waals surface area contributed by atoms with Crippen molar-refractivity contribution in [2.75, 3.05) is 0 Å². The van der Waals surface area contributed by atoms with Crippen LogP contribution in [0.4, 0.5) is 0 Å². The normalized spacial score (nSPS) is 19.7. The van der Waals surface area contributed by atoms with Gasteiger partial charge in [-0.15, -0.1) is 0 Å². The Labute approximate surface area is 185 Å². The van der Waals surface area contributed by atoms with E-state index in [1.54, 1.807) is 0 Å². The van der Waals surface area contributed by atoms with Crippen LogP contribution in [0.3, 0.4) is 0 Å². The van der Waals surface area contributed by atoms with Crippen LogP contribution in [0.15, 0.2) is 96.1 Å². The van der Waals surface area contributed by atoms with Gasteiger partial charge < -0.3 is 0 Å². The second-order valence-corrected chi connectivity index (χ2v) is 7.95. The number of hydrogen-bond acceptors (Lipinski definition) is 5. The van der Waals surface area contributed by atoms with Crippen LogP contribution in [-0.2, 0) is 20.9 Å². The van der Waals surface area contributed by atoms with Crippen molar-refractivity contribution >= 4 is 23.3 Å². The second kappa shape index (κ2) is 8.23. The molecule has 0 spiro atoms. The molecule has 0 bridgehead atoms. The number of rotatable bonds is 6. The molecule has 0 saturated carbocycles. The number of carbonyl (C=O) groups excluding carboxylic acids is 3. The summed E-state index contributed by atoms with van der Waals surface area (Å²) in [5.74, 6) is -2.53. The summed E-state index contributed by atoms with van der Waals surface area (Å²) in [5, 5.41) is 4.18. The quantitative estimate of drug-likeness (QED) is 0.619. The van der Waals surface area contributed by atoms with Gasteiger partial charge in [0.1, 0.15) is 17.7 Å². The number of benzene rings is 3. The topological polar surface area (TPSA) is 78.8 Å². The summed E-state index contributed by atoms with van der Waals surface area (Å²) in [4.78, 5) is 41.2. The van der Waals surface area contributed by atoms with Gasteiger partial charge in [0.05, 0.1) is 12.5 Å². The summed E-state index contributed by atoms with van der Waals surface area (Å²) in [5.41, 5.74) is 5.35. The highest BCUT2D eigenvalue weighted by Crippen LogP contribution is 2.33. The molecule has 0 aromatic heterocycles. The first-order valence-corrected chi connectivity index (χ1v) is 10.5. The number of ketones is 1. The maximum atomic E-state index is 13.8. The third kappa shape index (κ3) is 3.39. The average Bonchev–Trinajstić information content (AvgIpc) is 3.37. The van der Waals surface area contributed by atoms with E-state index in [1.165, 1.54) is 4.90 Å². The summed E-state index contributed by atoms with van der Waals surface area (Å²) in [6.07, 6.45) is 0. The van der Waals surface area contributed by atoms with E-state index in [0.717, 1.165) is 16.7 Å². The predicted molar refractivity (Wildman–Crippen MR) is 120 cm³/mol. The van der Waals surface area contributed by atoms with E-state index in [9.17, 15) is 14.4 Å². The van der Waals surface area contributed by atoms with Crippen LogP contribution in [0.2, 0.25) is 0 Å². The lowest BCUT2D eigenvalue weighted by Crippen LogP contribution is -2.36. The molecule has 2 atom stereocenters. The van der Waals surface area contributed by atoms with E-state index in [1.807, 2.05) is 91.0 Å². The lowest BCUT2D eigenvalue weighted by molar-refractivity contribution is -0.140. The monoisotopic (exact) mass is 423 g/mol. The zero-order valence-electron chi connectivity index (χ0n) is 17.2. The molecular formula is C26H21N3O3. The van der Waals surface area contributed by atoms with Gasteiger partial charge in [-0.25, -0.2) is 0 Å². The molecule has 2 aliphatic rings.